The first-order chi connectivity index (χ1) is 20.0. The molecule has 5 rings (SSSR count). The molecule has 8 nitrogen and oxygen atoms in total. The van der Waals surface area contributed by atoms with Gasteiger partial charge in [0.05, 0.1) is 30.6 Å². The van der Waals surface area contributed by atoms with Gasteiger partial charge in [-0.2, -0.15) is 0 Å². The summed E-state index contributed by atoms with van der Waals surface area (Å²) in [6.45, 7) is -1.22. The maximum atomic E-state index is 13.8. The summed E-state index contributed by atoms with van der Waals surface area (Å²) in [6, 6.07) is 14.7. The summed E-state index contributed by atoms with van der Waals surface area (Å²) in [4.78, 5) is 27.7. The van der Waals surface area contributed by atoms with Gasteiger partial charge in [-0.25, -0.2) is 21.6 Å². The maximum absolute atomic E-state index is 13.8. The molecule has 0 spiro atoms. The molecule has 0 aliphatic carbocycles. The van der Waals surface area contributed by atoms with Gasteiger partial charge in [-0.05, 0) is 54.4 Å². The summed E-state index contributed by atoms with van der Waals surface area (Å²) in [5, 5.41) is 2.89. The number of amides is 2. The minimum atomic E-state index is -3.99. The van der Waals surface area contributed by atoms with Crippen LogP contribution in [-0.4, -0.2) is 70.9 Å². The van der Waals surface area contributed by atoms with Gasteiger partial charge in [0.15, 0.2) is 0 Å². The molecule has 12 heteroatoms. The standard InChI is InChI=1S/C30H28F3N3O5S/c1-34-29(37)27-24-15-23(19-4-3-5-20(14-19)30(38)35-12-10-22(33)17-35)25(36(13-11-31)42(2,39)40)16-26(24)41-28(27)18-6-8-21(32)9-7-18/h3-9,14-16,22H,10-13,17H2,1-2H3,(H,34,37). The third-order valence-corrected chi connectivity index (χ3v) is 8.34. The van der Waals surface area contributed by atoms with Gasteiger partial charge in [0.1, 0.15) is 30.0 Å². The molecule has 0 saturated carbocycles. The molecule has 1 saturated heterocycles. The summed E-state index contributed by atoms with van der Waals surface area (Å²) < 4.78 is 73.7. The van der Waals surface area contributed by atoms with E-state index >= 15 is 0 Å². The molecular formula is C30H28F3N3O5S. The van der Waals surface area contributed by atoms with E-state index in [4.69, 9.17) is 4.42 Å². The van der Waals surface area contributed by atoms with E-state index in [2.05, 4.69) is 5.32 Å². The molecule has 4 aromatic rings. The number of halogens is 3. The topological polar surface area (TPSA) is 99.9 Å². The van der Waals surface area contributed by atoms with Gasteiger partial charge < -0.3 is 14.6 Å². The Morgan fingerprint density at radius 1 is 1.10 bits per heavy atom. The van der Waals surface area contributed by atoms with Crippen LogP contribution in [-0.2, 0) is 10.0 Å². The highest BCUT2D eigenvalue weighted by Gasteiger charge is 2.29. The van der Waals surface area contributed by atoms with Crippen molar-refractivity contribution in [1.82, 2.24) is 10.2 Å². The lowest BCUT2D eigenvalue weighted by Gasteiger charge is -2.24. The van der Waals surface area contributed by atoms with Crippen LogP contribution in [0.4, 0.5) is 18.9 Å². The molecule has 1 unspecified atom stereocenters. The van der Waals surface area contributed by atoms with Crippen LogP contribution in [0.25, 0.3) is 33.4 Å². The normalized spacial score (nSPS) is 15.3. The maximum Gasteiger partial charge on any atom is 0.255 e. The molecular weight excluding hydrogens is 571 g/mol. The first-order valence-electron chi connectivity index (χ1n) is 13.2. The average molecular weight is 600 g/mol. The highest BCUT2D eigenvalue weighted by atomic mass is 32.2. The number of carbonyl (C=O) groups is 2. The minimum absolute atomic E-state index is 0.0186. The second kappa shape index (κ2) is 11.5. The quantitative estimate of drug-likeness (QED) is 0.301. The van der Waals surface area contributed by atoms with E-state index in [-0.39, 0.29) is 59.1 Å². The van der Waals surface area contributed by atoms with Gasteiger partial charge in [0.25, 0.3) is 11.8 Å². The molecule has 1 atom stereocenters. The largest absolute Gasteiger partial charge is 0.455 e. The van der Waals surface area contributed by atoms with Crippen LogP contribution in [0.2, 0.25) is 0 Å². The number of alkyl halides is 2. The third kappa shape index (κ3) is 5.58. The van der Waals surface area contributed by atoms with Crippen molar-refractivity contribution in [3.8, 4) is 22.5 Å². The van der Waals surface area contributed by atoms with E-state index in [1.807, 2.05) is 0 Å². The van der Waals surface area contributed by atoms with E-state index in [9.17, 15) is 31.2 Å². The Labute approximate surface area is 240 Å². The van der Waals surface area contributed by atoms with Crippen LogP contribution in [0.1, 0.15) is 27.1 Å². The number of nitrogens with one attached hydrogen (secondary N) is 1. The lowest BCUT2D eigenvalue weighted by Crippen LogP contribution is -2.32. The Kier molecular flexibility index (Phi) is 8.00. The van der Waals surface area contributed by atoms with E-state index in [1.54, 1.807) is 30.3 Å². The zero-order valence-corrected chi connectivity index (χ0v) is 23.7. The van der Waals surface area contributed by atoms with Crippen LogP contribution in [0.5, 0.6) is 0 Å². The number of fused-ring (bicyclic) bond motifs is 1. The van der Waals surface area contributed by atoms with Crippen molar-refractivity contribution < 1.29 is 35.6 Å². The molecule has 1 aromatic heterocycles. The van der Waals surface area contributed by atoms with Crippen molar-refractivity contribution in [3.05, 3.63) is 77.6 Å². The predicted octanol–water partition coefficient (Wildman–Crippen LogP) is 5.19. The summed E-state index contributed by atoms with van der Waals surface area (Å²) in [6.07, 6.45) is 0.0896. The van der Waals surface area contributed by atoms with Gasteiger partial charge in [-0.15, -0.1) is 0 Å². The molecule has 3 aromatic carbocycles. The van der Waals surface area contributed by atoms with Crippen molar-refractivity contribution in [2.45, 2.75) is 12.6 Å². The summed E-state index contributed by atoms with van der Waals surface area (Å²) >= 11 is 0. The Hall–Kier alpha value is -4.32. The first-order valence-corrected chi connectivity index (χ1v) is 15.0. The fourth-order valence-electron chi connectivity index (χ4n) is 5.17. The van der Waals surface area contributed by atoms with E-state index in [1.165, 1.54) is 42.3 Å². The lowest BCUT2D eigenvalue weighted by atomic mass is 9.97. The van der Waals surface area contributed by atoms with E-state index in [0.717, 1.165) is 10.6 Å². The van der Waals surface area contributed by atoms with Crippen LogP contribution in [0.15, 0.2) is 65.1 Å². The molecule has 1 N–H and O–H groups in total. The fourth-order valence-corrected chi connectivity index (χ4v) is 6.08. The van der Waals surface area contributed by atoms with Gasteiger partial charge in [0.2, 0.25) is 10.0 Å². The highest BCUT2D eigenvalue weighted by Crippen LogP contribution is 2.42. The van der Waals surface area contributed by atoms with Crippen LogP contribution >= 0.6 is 0 Å². The molecule has 220 valence electrons. The number of hydrogen-bond donors (Lipinski definition) is 1. The average Bonchev–Trinajstić information content (AvgIpc) is 3.57. The van der Waals surface area contributed by atoms with E-state index in [0.29, 0.717) is 16.5 Å². The number of nitrogens with zero attached hydrogens (tertiary/aromatic N) is 2. The second-order valence-corrected chi connectivity index (χ2v) is 11.9. The summed E-state index contributed by atoms with van der Waals surface area (Å²) in [5.74, 6) is -1.24. The fraction of sp³-hybridized carbons (Fsp3) is 0.267. The zero-order chi connectivity index (χ0) is 30.2. The third-order valence-electron chi connectivity index (χ3n) is 7.16. The highest BCUT2D eigenvalue weighted by molar-refractivity contribution is 7.92. The number of hydrogen-bond acceptors (Lipinski definition) is 5. The molecule has 0 bridgehead atoms. The SMILES string of the molecule is CNC(=O)c1c(-c2ccc(F)cc2)oc2cc(N(CCF)S(C)(=O)=O)c(-c3cccc(C(=O)N4CCC(F)C4)c3)cc12. The molecule has 2 heterocycles. The van der Waals surface area contributed by atoms with Crippen molar-refractivity contribution in [3.63, 3.8) is 0 Å². The number of furan rings is 1. The zero-order valence-electron chi connectivity index (χ0n) is 22.9. The van der Waals surface area contributed by atoms with E-state index < -0.39 is 41.1 Å². The Bertz CT molecular complexity index is 1770. The van der Waals surface area contributed by atoms with Crippen molar-refractivity contribution in [2.75, 3.05) is 43.9 Å². The van der Waals surface area contributed by atoms with Crippen molar-refractivity contribution in [2.24, 2.45) is 0 Å². The van der Waals surface area contributed by atoms with Gasteiger partial charge in [-0.3, -0.25) is 13.9 Å². The van der Waals surface area contributed by atoms with Crippen molar-refractivity contribution >= 4 is 38.5 Å². The summed E-state index contributed by atoms with van der Waals surface area (Å²) in [5.41, 5.74) is 1.70. The Morgan fingerprint density at radius 3 is 2.45 bits per heavy atom. The number of anilines is 1. The minimum Gasteiger partial charge on any atom is -0.455 e. The summed E-state index contributed by atoms with van der Waals surface area (Å²) in [7, 11) is -2.55. The van der Waals surface area contributed by atoms with Gasteiger partial charge in [-0.1, -0.05) is 12.1 Å². The van der Waals surface area contributed by atoms with Crippen LogP contribution in [0, 0.1) is 5.82 Å². The Balaban J connectivity index is 1.76. The van der Waals surface area contributed by atoms with Crippen LogP contribution in [0.3, 0.4) is 0 Å². The van der Waals surface area contributed by atoms with Gasteiger partial charge in [0, 0.05) is 41.7 Å². The monoisotopic (exact) mass is 599 g/mol. The number of likely N-dealkylation sites (tertiary alicyclic amines) is 1. The molecule has 1 fully saturated rings. The number of rotatable bonds is 8. The molecule has 1 aliphatic heterocycles. The molecule has 1 aliphatic rings. The first kappa shape index (κ1) is 29.2. The molecule has 2 amide bonds. The van der Waals surface area contributed by atoms with Crippen molar-refractivity contribution in [1.29, 1.82) is 0 Å². The van der Waals surface area contributed by atoms with Gasteiger partial charge >= 0.3 is 0 Å². The molecule has 0 radical (unpaired) electrons. The number of benzene rings is 3. The number of sulfonamides is 1. The Morgan fingerprint density at radius 2 is 1.83 bits per heavy atom. The smallest absolute Gasteiger partial charge is 0.255 e. The number of carbonyl (C=O) groups excluding carboxylic acids is 2. The molecule has 42 heavy (non-hydrogen) atoms. The van der Waals surface area contributed by atoms with Crippen LogP contribution < -0.4 is 9.62 Å². The lowest BCUT2D eigenvalue weighted by molar-refractivity contribution is 0.0782. The predicted molar refractivity (Wildman–Crippen MR) is 154 cm³/mol. The second-order valence-electron chi connectivity index (χ2n) is 10.00.